The summed E-state index contributed by atoms with van der Waals surface area (Å²) in [6, 6.07) is 9.00. The zero-order valence-corrected chi connectivity index (χ0v) is 10.4. The van der Waals surface area contributed by atoms with E-state index in [-0.39, 0.29) is 6.03 Å². The fourth-order valence-corrected chi connectivity index (χ4v) is 1.41. The maximum Gasteiger partial charge on any atom is 0.315 e. The lowest BCUT2D eigenvalue weighted by Crippen LogP contribution is -2.35. The highest BCUT2D eigenvalue weighted by Crippen LogP contribution is 2.03. The number of methoxy groups -OCH3 is 1. The molecule has 1 aromatic carbocycles. The Morgan fingerprint density at radius 2 is 2.28 bits per heavy atom. The first-order chi connectivity index (χ1) is 8.76. The monoisotopic (exact) mass is 247 g/mol. The van der Waals surface area contributed by atoms with Crippen LogP contribution in [0.5, 0.6) is 0 Å². The van der Waals surface area contributed by atoms with Crippen molar-refractivity contribution in [3.8, 4) is 6.07 Å². The standard InChI is InChI=1S/C13H17N3O2/c1-18-7-3-6-15-13(17)16-10-12-5-2-4-11(8-12)9-14/h2,4-5,8H,3,6-7,10H2,1H3,(H2,15,16,17). The molecule has 0 fully saturated rings. The van der Waals surface area contributed by atoms with E-state index in [1.54, 1.807) is 25.3 Å². The van der Waals surface area contributed by atoms with E-state index in [1.807, 2.05) is 6.07 Å². The second-order valence-electron chi connectivity index (χ2n) is 3.77. The molecular weight excluding hydrogens is 230 g/mol. The van der Waals surface area contributed by atoms with Crippen LogP contribution in [-0.4, -0.2) is 26.3 Å². The van der Waals surface area contributed by atoms with Crippen LogP contribution in [0.25, 0.3) is 0 Å². The summed E-state index contributed by atoms with van der Waals surface area (Å²) < 4.78 is 4.88. The van der Waals surface area contributed by atoms with E-state index in [1.165, 1.54) is 0 Å². The summed E-state index contributed by atoms with van der Waals surface area (Å²) in [7, 11) is 1.63. The molecule has 0 aliphatic heterocycles. The highest BCUT2D eigenvalue weighted by molar-refractivity contribution is 5.73. The number of ether oxygens (including phenoxy) is 1. The largest absolute Gasteiger partial charge is 0.385 e. The molecule has 2 N–H and O–H groups in total. The summed E-state index contributed by atoms with van der Waals surface area (Å²) >= 11 is 0. The normalized spacial score (nSPS) is 9.56. The lowest BCUT2D eigenvalue weighted by molar-refractivity contribution is 0.193. The van der Waals surface area contributed by atoms with Crippen LogP contribution in [0.15, 0.2) is 24.3 Å². The Hall–Kier alpha value is -2.06. The van der Waals surface area contributed by atoms with E-state index in [9.17, 15) is 4.79 Å². The topological polar surface area (TPSA) is 74.2 Å². The van der Waals surface area contributed by atoms with Gasteiger partial charge in [0.05, 0.1) is 11.6 Å². The van der Waals surface area contributed by atoms with Gasteiger partial charge in [-0.25, -0.2) is 4.79 Å². The third-order valence-corrected chi connectivity index (χ3v) is 2.32. The Balaban J connectivity index is 2.27. The summed E-state index contributed by atoms with van der Waals surface area (Å²) in [6.07, 6.45) is 0.786. The minimum atomic E-state index is -0.214. The van der Waals surface area contributed by atoms with Gasteiger partial charge in [0.15, 0.2) is 0 Å². The maximum absolute atomic E-state index is 11.4. The highest BCUT2D eigenvalue weighted by Gasteiger charge is 2.00. The van der Waals surface area contributed by atoms with Crippen LogP contribution in [0.1, 0.15) is 17.5 Å². The summed E-state index contributed by atoms with van der Waals surface area (Å²) in [4.78, 5) is 11.4. The number of nitrogens with one attached hydrogen (secondary N) is 2. The Morgan fingerprint density at radius 1 is 1.44 bits per heavy atom. The van der Waals surface area contributed by atoms with E-state index in [0.29, 0.717) is 25.3 Å². The molecule has 0 bridgehead atoms. The first-order valence-corrected chi connectivity index (χ1v) is 5.76. The van der Waals surface area contributed by atoms with Crippen molar-refractivity contribution in [3.05, 3.63) is 35.4 Å². The lowest BCUT2D eigenvalue weighted by Gasteiger charge is -2.07. The van der Waals surface area contributed by atoms with Gasteiger partial charge in [0.1, 0.15) is 0 Å². The zero-order chi connectivity index (χ0) is 13.2. The second-order valence-corrected chi connectivity index (χ2v) is 3.77. The Bertz CT molecular complexity index is 426. The Morgan fingerprint density at radius 3 is 3.00 bits per heavy atom. The second kappa shape index (κ2) is 8.09. The molecule has 0 aliphatic rings. The van der Waals surface area contributed by atoms with Crippen LogP contribution in [0, 0.1) is 11.3 Å². The quantitative estimate of drug-likeness (QED) is 0.746. The van der Waals surface area contributed by atoms with E-state index in [0.717, 1.165) is 12.0 Å². The summed E-state index contributed by atoms with van der Waals surface area (Å²) in [6.45, 7) is 1.62. The van der Waals surface area contributed by atoms with Crippen LogP contribution < -0.4 is 10.6 Å². The van der Waals surface area contributed by atoms with Gasteiger partial charge in [-0.15, -0.1) is 0 Å². The SMILES string of the molecule is COCCCNC(=O)NCc1cccc(C#N)c1. The summed E-state index contributed by atoms with van der Waals surface area (Å²) in [5.41, 5.74) is 1.50. The molecule has 0 atom stereocenters. The van der Waals surface area contributed by atoms with Crippen molar-refractivity contribution < 1.29 is 9.53 Å². The predicted octanol–water partition coefficient (Wildman–Crippen LogP) is 1.39. The number of rotatable bonds is 6. The number of hydrogen-bond acceptors (Lipinski definition) is 3. The average Bonchev–Trinajstić information content (AvgIpc) is 2.41. The number of amides is 2. The Labute approximate surface area is 107 Å². The van der Waals surface area contributed by atoms with Gasteiger partial charge in [-0.05, 0) is 24.1 Å². The average molecular weight is 247 g/mol. The van der Waals surface area contributed by atoms with Gasteiger partial charge in [0.25, 0.3) is 0 Å². The molecule has 0 aromatic heterocycles. The van der Waals surface area contributed by atoms with Crippen molar-refractivity contribution in [1.82, 2.24) is 10.6 Å². The number of urea groups is 1. The van der Waals surface area contributed by atoms with Gasteiger partial charge in [0.2, 0.25) is 0 Å². The van der Waals surface area contributed by atoms with Gasteiger partial charge in [-0.3, -0.25) is 0 Å². The first-order valence-electron chi connectivity index (χ1n) is 5.76. The number of hydrogen-bond donors (Lipinski definition) is 2. The molecule has 0 heterocycles. The molecule has 0 saturated carbocycles. The third-order valence-electron chi connectivity index (χ3n) is 2.32. The van der Waals surface area contributed by atoms with Gasteiger partial charge in [-0.1, -0.05) is 12.1 Å². The molecule has 96 valence electrons. The van der Waals surface area contributed by atoms with Crippen molar-refractivity contribution in [2.45, 2.75) is 13.0 Å². The van der Waals surface area contributed by atoms with E-state index in [4.69, 9.17) is 10.00 Å². The fraction of sp³-hybridized carbons (Fsp3) is 0.385. The predicted molar refractivity (Wildman–Crippen MR) is 67.9 cm³/mol. The van der Waals surface area contributed by atoms with Crippen LogP contribution in [0.2, 0.25) is 0 Å². The first kappa shape index (κ1) is 14.0. The molecule has 0 saturated heterocycles. The molecule has 0 spiro atoms. The van der Waals surface area contributed by atoms with Gasteiger partial charge < -0.3 is 15.4 Å². The van der Waals surface area contributed by atoms with Crippen molar-refractivity contribution in [2.75, 3.05) is 20.3 Å². The van der Waals surface area contributed by atoms with Crippen LogP contribution in [-0.2, 0) is 11.3 Å². The van der Waals surface area contributed by atoms with E-state index < -0.39 is 0 Å². The molecule has 1 aromatic rings. The van der Waals surface area contributed by atoms with Crippen LogP contribution in [0.3, 0.4) is 0 Å². The van der Waals surface area contributed by atoms with Crippen LogP contribution in [0.4, 0.5) is 4.79 Å². The minimum Gasteiger partial charge on any atom is -0.385 e. The summed E-state index contributed by atoms with van der Waals surface area (Å²) in [5.74, 6) is 0. The maximum atomic E-state index is 11.4. The summed E-state index contributed by atoms with van der Waals surface area (Å²) in [5, 5.41) is 14.2. The molecule has 18 heavy (non-hydrogen) atoms. The van der Waals surface area contributed by atoms with Crippen molar-refractivity contribution >= 4 is 6.03 Å². The van der Waals surface area contributed by atoms with Crippen molar-refractivity contribution in [1.29, 1.82) is 5.26 Å². The van der Waals surface area contributed by atoms with Gasteiger partial charge in [0, 0.05) is 26.8 Å². The number of carbonyl (C=O) groups excluding carboxylic acids is 1. The van der Waals surface area contributed by atoms with Crippen LogP contribution >= 0.6 is 0 Å². The Kier molecular flexibility index (Phi) is 6.30. The third kappa shape index (κ3) is 5.32. The van der Waals surface area contributed by atoms with E-state index in [2.05, 4.69) is 16.7 Å². The molecule has 5 heteroatoms. The number of carbonyl (C=O) groups is 1. The van der Waals surface area contributed by atoms with Gasteiger partial charge >= 0.3 is 6.03 Å². The molecule has 2 amide bonds. The van der Waals surface area contributed by atoms with Gasteiger partial charge in [-0.2, -0.15) is 5.26 Å². The molecular formula is C13H17N3O2. The molecule has 0 aliphatic carbocycles. The minimum absolute atomic E-state index is 0.214. The fourth-order valence-electron chi connectivity index (χ4n) is 1.41. The molecule has 0 radical (unpaired) electrons. The number of nitriles is 1. The number of nitrogens with zero attached hydrogens (tertiary/aromatic N) is 1. The number of benzene rings is 1. The lowest BCUT2D eigenvalue weighted by atomic mass is 10.1. The smallest absolute Gasteiger partial charge is 0.315 e. The zero-order valence-electron chi connectivity index (χ0n) is 10.4. The molecule has 5 nitrogen and oxygen atoms in total. The van der Waals surface area contributed by atoms with E-state index >= 15 is 0 Å². The molecule has 0 unspecified atom stereocenters. The van der Waals surface area contributed by atoms with Crippen molar-refractivity contribution in [3.63, 3.8) is 0 Å². The molecule has 1 rings (SSSR count). The highest BCUT2D eigenvalue weighted by atomic mass is 16.5. The van der Waals surface area contributed by atoms with Crippen molar-refractivity contribution in [2.24, 2.45) is 0 Å².